The minimum Gasteiger partial charge on any atom is -0.387 e. The number of methoxy groups -OCH3 is 1. The lowest BCUT2D eigenvalue weighted by Crippen LogP contribution is -2.33. The Bertz CT molecular complexity index is 1230. The molecule has 226 valence electrons. The van der Waals surface area contributed by atoms with Gasteiger partial charge in [-0.25, -0.2) is 9.50 Å². The second kappa shape index (κ2) is 13.8. The molecule has 1 saturated carbocycles. The van der Waals surface area contributed by atoms with E-state index in [1.807, 2.05) is 0 Å². The molecule has 5 atom stereocenters. The highest BCUT2D eigenvalue weighted by Crippen LogP contribution is 2.59. The number of imidazole rings is 1. The van der Waals surface area contributed by atoms with Gasteiger partial charge in [-0.1, -0.05) is 12.8 Å². The summed E-state index contributed by atoms with van der Waals surface area (Å²) in [5.41, 5.74) is 0.620. The second-order valence-corrected chi connectivity index (χ2v) is 14.0. The third-order valence-corrected chi connectivity index (χ3v) is 10.6. The van der Waals surface area contributed by atoms with Crippen LogP contribution in [0.15, 0.2) is 6.20 Å². The molecule has 2 aromatic heterocycles. The Hall–Kier alpha value is -1.26. The predicted molar refractivity (Wildman–Crippen MR) is 140 cm³/mol. The van der Waals surface area contributed by atoms with Gasteiger partial charge in [0.05, 0.1) is 44.9 Å². The van der Waals surface area contributed by atoms with Gasteiger partial charge in [-0.05, 0) is 24.4 Å². The third kappa shape index (κ3) is 8.18. The summed E-state index contributed by atoms with van der Waals surface area (Å²) in [7, 11) is -7.67. The van der Waals surface area contributed by atoms with E-state index in [2.05, 4.69) is 20.4 Å². The highest BCUT2D eigenvalue weighted by atomic mass is 35.5. The number of hydrogen-bond acceptors (Lipinski definition) is 13. The molecule has 4 rings (SSSR count). The molecular weight excluding hydrogens is 596 g/mol. The van der Waals surface area contributed by atoms with Gasteiger partial charge in [0.2, 0.25) is 5.28 Å². The smallest absolute Gasteiger partial charge is 0.342 e. The lowest BCUT2D eigenvalue weighted by molar-refractivity contribution is -0.0225. The van der Waals surface area contributed by atoms with Crippen LogP contribution in [0.4, 0.5) is 5.82 Å². The van der Waals surface area contributed by atoms with Crippen LogP contribution in [-0.2, 0) is 32.4 Å². The van der Waals surface area contributed by atoms with E-state index in [4.69, 9.17) is 34.9 Å². The van der Waals surface area contributed by atoms with Gasteiger partial charge in [0.1, 0.15) is 24.4 Å². The second-order valence-electron chi connectivity index (χ2n) is 9.50. The van der Waals surface area contributed by atoms with E-state index in [1.54, 1.807) is 0 Å². The Kier molecular flexibility index (Phi) is 10.9. The Morgan fingerprint density at radius 2 is 1.85 bits per heavy atom. The van der Waals surface area contributed by atoms with Crippen LogP contribution in [0.5, 0.6) is 0 Å². The van der Waals surface area contributed by atoms with Crippen molar-refractivity contribution in [2.75, 3.05) is 51.4 Å². The molecule has 2 fully saturated rings. The fourth-order valence-electron chi connectivity index (χ4n) is 4.57. The van der Waals surface area contributed by atoms with E-state index < -0.39 is 52.1 Å². The van der Waals surface area contributed by atoms with Gasteiger partial charge in [-0.3, -0.25) is 9.13 Å². The van der Waals surface area contributed by atoms with Crippen LogP contribution >= 0.6 is 26.8 Å². The molecule has 2 aliphatic rings. The number of nitrogens with one attached hydrogen (secondary N) is 1. The first-order valence-electron chi connectivity index (χ1n) is 12.7. The third-order valence-electron chi connectivity index (χ3n) is 6.45. The highest BCUT2D eigenvalue weighted by Gasteiger charge is 2.46. The minimum atomic E-state index is -4.81. The first kappa shape index (κ1) is 31.7. The molecule has 0 radical (unpaired) electrons. The van der Waals surface area contributed by atoms with E-state index in [0.29, 0.717) is 18.1 Å². The van der Waals surface area contributed by atoms with Crippen molar-refractivity contribution in [1.29, 1.82) is 0 Å². The summed E-state index contributed by atoms with van der Waals surface area (Å²) in [5.74, 6) is -0.764. The van der Waals surface area contributed by atoms with Gasteiger partial charge >= 0.3 is 15.2 Å². The van der Waals surface area contributed by atoms with Crippen molar-refractivity contribution in [3.05, 3.63) is 17.2 Å². The first-order chi connectivity index (χ1) is 19.0. The molecule has 19 heteroatoms. The molecule has 1 aliphatic heterocycles. The predicted octanol–water partition coefficient (Wildman–Crippen LogP) is 1.32. The minimum absolute atomic E-state index is 0.0303. The number of nitrogens with zero attached hydrogens (tertiary/aromatic N) is 4. The van der Waals surface area contributed by atoms with Crippen molar-refractivity contribution in [3.8, 4) is 0 Å². The van der Waals surface area contributed by atoms with Crippen molar-refractivity contribution >= 4 is 38.3 Å². The number of rotatable bonds is 15. The maximum absolute atomic E-state index is 13.1. The summed E-state index contributed by atoms with van der Waals surface area (Å²) in [4.78, 5) is 27.4. The van der Waals surface area contributed by atoms with Crippen LogP contribution in [0.25, 0.3) is 5.65 Å². The normalized spacial score (nSPS) is 25.6. The number of aromatic nitrogens is 4. The molecule has 3 heterocycles. The molecule has 0 spiro atoms. The van der Waals surface area contributed by atoms with Crippen LogP contribution in [0.2, 0.25) is 5.28 Å². The maximum atomic E-state index is 13.1. The number of halogens is 1. The van der Waals surface area contributed by atoms with Crippen molar-refractivity contribution in [2.45, 2.75) is 56.1 Å². The zero-order chi connectivity index (χ0) is 28.9. The first-order valence-corrected chi connectivity index (χ1v) is 16.6. The van der Waals surface area contributed by atoms with Gasteiger partial charge in [-0.15, -0.1) is 5.10 Å². The molecule has 5 N–H and O–H groups in total. The van der Waals surface area contributed by atoms with Crippen molar-refractivity contribution in [1.82, 2.24) is 19.6 Å². The number of hydrogen-bond donors (Lipinski definition) is 5. The molecule has 16 nitrogen and oxygen atoms in total. The molecule has 3 unspecified atom stereocenters. The monoisotopic (exact) mass is 629 g/mol. The van der Waals surface area contributed by atoms with Crippen molar-refractivity contribution < 1.29 is 52.4 Å². The van der Waals surface area contributed by atoms with Gasteiger partial charge in [0.15, 0.2) is 17.4 Å². The molecule has 1 saturated heterocycles. The van der Waals surface area contributed by atoms with E-state index in [0.717, 1.165) is 25.7 Å². The van der Waals surface area contributed by atoms with Gasteiger partial charge in [0.25, 0.3) is 0 Å². The SMILES string of the molecule is COCCOCCOP(=O)(CP(=O)(O)O)OC[C@H]1O[C@@H](c2cnc3c(NC4CCCC4)nc(Cl)nn23)C(O)C1O. The van der Waals surface area contributed by atoms with Crippen LogP contribution < -0.4 is 5.32 Å². The zero-order valence-corrected chi connectivity index (χ0v) is 24.3. The van der Waals surface area contributed by atoms with E-state index in [9.17, 15) is 29.1 Å². The maximum Gasteiger partial charge on any atom is 0.342 e. The van der Waals surface area contributed by atoms with Crippen LogP contribution in [0.3, 0.4) is 0 Å². The average molecular weight is 630 g/mol. The van der Waals surface area contributed by atoms with Crippen LogP contribution in [0, 0.1) is 0 Å². The van der Waals surface area contributed by atoms with E-state index in [-0.39, 0.29) is 36.8 Å². The van der Waals surface area contributed by atoms with Gasteiger partial charge in [-0.2, -0.15) is 4.98 Å². The number of aliphatic hydroxyl groups excluding tert-OH is 2. The molecule has 0 aromatic carbocycles. The standard InChI is InChI=1S/C21H34ClN5O11P2/c1-34-6-7-35-8-9-36-40(33,12-39(30,31)32)37-11-15-16(28)17(29)18(38-15)14-10-23-20-19(24-13-4-2-3-5-13)25-21(22)26-27(14)20/h10,13,15-18,28-29H,2-9,11-12H2,1H3,(H,24,25,26)(H2,30,31,32)/t15-,16?,17?,18+,40?/m1/s1. The summed E-state index contributed by atoms with van der Waals surface area (Å²) in [6.45, 7) is -0.350. The van der Waals surface area contributed by atoms with Crippen molar-refractivity contribution in [3.63, 3.8) is 0 Å². The van der Waals surface area contributed by atoms with E-state index >= 15 is 0 Å². The lowest BCUT2D eigenvalue weighted by Gasteiger charge is -2.22. The highest BCUT2D eigenvalue weighted by molar-refractivity contribution is 7.70. The fourth-order valence-corrected chi connectivity index (χ4v) is 7.99. The number of aliphatic hydroxyl groups is 2. The quantitative estimate of drug-likeness (QED) is 0.139. The van der Waals surface area contributed by atoms with Gasteiger partial charge in [0, 0.05) is 13.2 Å². The Morgan fingerprint density at radius 3 is 2.55 bits per heavy atom. The molecule has 40 heavy (non-hydrogen) atoms. The summed E-state index contributed by atoms with van der Waals surface area (Å²) < 4.78 is 52.4. The largest absolute Gasteiger partial charge is 0.387 e. The molecule has 1 aliphatic carbocycles. The van der Waals surface area contributed by atoms with Crippen LogP contribution in [0.1, 0.15) is 37.5 Å². The summed E-state index contributed by atoms with van der Waals surface area (Å²) >= 11 is 6.16. The van der Waals surface area contributed by atoms with Crippen molar-refractivity contribution in [2.24, 2.45) is 0 Å². The molecular formula is C21H34ClN5O11P2. The molecule has 0 amide bonds. The summed E-state index contributed by atoms with van der Waals surface area (Å²) in [6, 6.07) is 0.217. The average Bonchev–Trinajstić information content (AvgIpc) is 3.60. The summed E-state index contributed by atoms with van der Waals surface area (Å²) in [6.07, 6.45) is 0.232. The zero-order valence-electron chi connectivity index (χ0n) is 21.7. The fraction of sp³-hybridized carbons (Fsp3) is 0.762. The number of anilines is 1. The van der Waals surface area contributed by atoms with E-state index in [1.165, 1.54) is 17.8 Å². The lowest BCUT2D eigenvalue weighted by atomic mass is 10.1. The number of fused-ring (bicyclic) bond motifs is 1. The number of ether oxygens (including phenoxy) is 3. The topological polar surface area (TPSA) is 216 Å². The summed E-state index contributed by atoms with van der Waals surface area (Å²) in [5, 5.41) is 28.9. The molecule has 2 aromatic rings. The molecule has 0 bridgehead atoms. The van der Waals surface area contributed by atoms with Gasteiger partial charge < -0.3 is 48.6 Å². The van der Waals surface area contributed by atoms with Crippen LogP contribution in [-0.4, -0.2) is 110 Å². The Labute approximate surface area is 235 Å². The Morgan fingerprint density at radius 1 is 1.12 bits per heavy atom. The Balaban J connectivity index is 1.44.